The summed E-state index contributed by atoms with van der Waals surface area (Å²) in [4.78, 5) is 37.0. The molecule has 0 bridgehead atoms. The summed E-state index contributed by atoms with van der Waals surface area (Å²) in [5.74, 6) is -0.181. The standard InChI is InChI=1S/C21H24ClN3O3S/c1-29-14-11-18(25-20(27)16-9-5-6-10-17(16)22)21(28)24-13-12-23-19(26)15-7-3-2-4-8-15/h2-10,18H,11-14H2,1H3,(H,23,26)(H,24,28)(H,25,27)/t18-/m0/s1. The topological polar surface area (TPSA) is 87.3 Å². The van der Waals surface area contributed by atoms with Crippen LogP contribution in [0, 0.1) is 0 Å². The van der Waals surface area contributed by atoms with Gasteiger partial charge in [-0.25, -0.2) is 0 Å². The van der Waals surface area contributed by atoms with E-state index in [1.54, 1.807) is 60.3 Å². The molecule has 0 aliphatic carbocycles. The number of hydrogen-bond acceptors (Lipinski definition) is 4. The number of nitrogens with one attached hydrogen (secondary N) is 3. The molecule has 29 heavy (non-hydrogen) atoms. The van der Waals surface area contributed by atoms with Gasteiger partial charge in [0.2, 0.25) is 5.91 Å². The average molecular weight is 434 g/mol. The van der Waals surface area contributed by atoms with Gasteiger partial charge in [-0.05, 0) is 42.7 Å². The Hall–Kier alpha value is -2.51. The van der Waals surface area contributed by atoms with E-state index in [0.717, 1.165) is 0 Å². The van der Waals surface area contributed by atoms with E-state index in [4.69, 9.17) is 11.6 Å². The molecule has 3 amide bonds. The molecule has 0 fully saturated rings. The number of amides is 3. The first-order valence-electron chi connectivity index (χ1n) is 9.18. The fourth-order valence-electron chi connectivity index (χ4n) is 2.56. The Balaban J connectivity index is 1.85. The van der Waals surface area contributed by atoms with E-state index in [2.05, 4.69) is 16.0 Å². The molecule has 1 atom stereocenters. The third-order valence-corrected chi connectivity index (χ3v) is 5.07. The van der Waals surface area contributed by atoms with Crippen LogP contribution < -0.4 is 16.0 Å². The summed E-state index contributed by atoms with van der Waals surface area (Å²) in [7, 11) is 0. The largest absolute Gasteiger partial charge is 0.353 e. The van der Waals surface area contributed by atoms with Crippen LogP contribution in [0.1, 0.15) is 27.1 Å². The van der Waals surface area contributed by atoms with Crippen molar-refractivity contribution in [3.63, 3.8) is 0 Å². The Morgan fingerprint density at radius 1 is 0.931 bits per heavy atom. The lowest BCUT2D eigenvalue weighted by Gasteiger charge is -2.18. The van der Waals surface area contributed by atoms with Gasteiger partial charge in [0.1, 0.15) is 6.04 Å². The lowest BCUT2D eigenvalue weighted by molar-refractivity contribution is -0.122. The normalized spacial score (nSPS) is 11.4. The van der Waals surface area contributed by atoms with Gasteiger partial charge in [-0.1, -0.05) is 41.9 Å². The van der Waals surface area contributed by atoms with Gasteiger partial charge in [0, 0.05) is 18.7 Å². The Labute approximate surface area is 179 Å². The minimum Gasteiger partial charge on any atom is -0.353 e. The maximum absolute atomic E-state index is 12.5. The van der Waals surface area contributed by atoms with Crippen LogP contribution in [0.15, 0.2) is 54.6 Å². The number of carbonyl (C=O) groups is 3. The van der Waals surface area contributed by atoms with Crippen molar-refractivity contribution in [1.29, 1.82) is 0 Å². The fraction of sp³-hybridized carbons (Fsp3) is 0.286. The second kappa shape index (κ2) is 12.1. The van der Waals surface area contributed by atoms with Crippen LogP contribution in [-0.2, 0) is 4.79 Å². The highest BCUT2D eigenvalue weighted by Gasteiger charge is 2.21. The van der Waals surface area contributed by atoms with Crippen LogP contribution >= 0.6 is 23.4 Å². The lowest BCUT2D eigenvalue weighted by Crippen LogP contribution is -2.48. The second-order valence-electron chi connectivity index (χ2n) is 6.20. The summed E-state index contributed by atoms with van der Waals surface area (Å²) in [6.07, 6.45) is 2.42. The second-order valence-corrected chi connectivity index (χ2v) is 7.59. The van der Waals surface area contributed by atoms with Gasteiger partial charge in [0.15, 0.2) is 0 Å². The zero-order chi connectivity index (χ0) is 21.1. The molecular weight excluding hydrogens is 410 g/mol. The van der Waals surface area contributed by atoms with Gasteiger partial charge < -0.3 is 16.0 Å². The monoisotopic (exact) mass is 433 g/mol. The molecule has 0 spiro atoms. The predicted octanol–water partition coefficient (Wildman–Crippen LogP) is 2.74. The molecule has 0 unspecified atom stereocenters. The molecule has 2 aromatic rings. The zero-order valence-electron chi connectivity index (χ0n) is 16.1. The molecule has 0 saturated carbocycles. The molecule has 2 rings (SSSR count). The van der Waals surface area contributed by atoms with E-state index in [1.165, 1.54) is 0 Å². The van der Waals surface area contributed by atoms with Crippen molar-refractivity contribution >= 4 is 41.1 Å². The Morgan fingerprint density at radius 2 is 1.59 bits per heavy atom. The molecular formula is C21H24ClN3O3S. The van der Waals surface area contributed by atoms with E-state index in [9.17, 15) is 14.4 Å². The van der Waals surface area contributed by atoms with Crippen LogP contribution in [0.2, 0.25) is 5.02 Å². The number of hydrogen-bond donors (Lipinski definition) is 3. The maximum Gasteiger partial charge on any atom is 0.253 e. The Morgan fingerprint density at radius 3 is 2.28 bits per heavy atom. The first kappa shape index (κ1) is 22.8. The molecule has 0 aliphatic heterocycles. The summed E-state index contributed by atoms with van der Waals surface area (Å²) < 4.78 is 0. The van der Waals surface area contributed by atoms with Crippen molar-refractivity contribution < 1.29 is 14.4 Å². The zero-order valence-corrected chi connectivity index (χ0v) is 17.7. The van der Waals surface area contributed by atoms with E-state index in [-0.39, 0.29) is 24.9 Å². The Bertz CT molecular complexity index is 833. The van der Waals surface area contributed by atoms with Crippen LogP contribution in [0.3, 0.4) is 0 Å². The highest BCUT2D eigenvalue weighted by molar-refractivity contribution is 7.98. The maximum atomic E-state index is 12.5. The minimum atomic E-state index is -0.684. The summed E-state index contributed by atoms with van der Waals surface area (Å²) in [6.45, 7) is 0.544. The molecule has 8 heteroatoms. The summed E-state index contributed by atoms with van der Waals surface area (Å²) >= 11 is 7.65. The molecule has 0 heterocycles. The highest BCUT2D eigenvalue weighted by Crippen LogP contribution is 2.15. The molecule has 0 radical (unpaired) electrons. The molecule has 6 nitrogen and oxygen atoms in total. The number of carbonyl (C=O) groups excluding carboxylic acids is 3. The fourth-order valence-corrected chi connectivity index (χ4v) is 3.26. The van der Waals surface area contributed by atoms with Crippen molar-refractivity contribution in [3.8, 4) is 0 Å². The number of thioether (sulfide) groups is 1. The molecule has 154 valence electrons. The minimum absolute atomic E-state index is 0.203. The predicted molar refractivity (Wildman–Crippen MR) is 117 cm³/mol. The molecule has 2 aromatic carbocycles. The lowest BCUT2D eigenvalue weighted by atomic mass is 10.1. The van der Waals surface area contributed by atoms with Gasteiger partial charge in [0.05, 0.1) is 10.6 Å². The van der Waals surface area contributed by atoms with Gasteiger partial charge in [-0.2, -0.15) is 11.8 Å². The third kappa shape index (κ3) is 7.44. The van der Waals surface area contributed by atoms with Crippen LogP contribution in [0.25, 0.3) is 0 Å². The quantitative estimate of drug-likeness (QED) is 0.503. The first-order valence-corrected chi connectivity index (χ1v) is 11.0. The van der Waals surface area contributed by atoms with Gasteiger partial charge in [-0.15, -0.1) is 0 Å². The van der Waals surface area contributed by atoms with Crippen LogP contribution in [0.4, 0.5) is 0 Å². The molecule has 0 saturated heterocycles. The highest BCUT2D eigenvalue weighted by atomic mass is 35.5. The van der Waals surface area contributed by atoms with Crippen molar-refractivity contribution in [3.05, 3.63) is 70.7 Å². The molecule has 3 N–H and O–H groups in total. The SMILES string of the molecule is CSCC[C@H](NC(=O)c1ccccc1Cl)C(=O)NCCNC(=O)c1ccccc1. The summed E-state index contributed by atoms with van der Waals surface area (Å²) in [5.41, 5.74) is 0.884. The summed E-state index contributed by atoms with van der Waals surface area (Å²) in [5, 5.41) is 8.59. The van der Waals surface area contributed by atoms with Gasteiger partial charge in [-0.3, -0.25) is 14.4 Å². The molecule has 0 aliphatic rings. The number of rotatable bonds is 10. The van der Waals surface area contributed by atoms with Crippen LogP contribution in [-0.4, -0.2) is 48.9 Å². The van der Waals surface area contributed by atoms with Crippen molar-refractivity contribution in [2.45, 2.75) is 12.5 Å². The smallest absolute Gasteiger partial charge is 0.253 e. The third-order valence-electron chi connectivity index (χ3n) is 4.10. The van der Waals surface area contributed by atoms with E-state index in [0.29, 0.717) is 28.3 Å². The molecule has 0 aromatic heterocycles. The number of benzene rings is 2. The van der Waals surface area contributed by atoms with Crippen molar-refractivity contribution in [2.24, 2.45) is 0 Å². The Kier molecular flexibility index (Phi) is 9.53. The number of halogens is 1. The average Bonchev–Trinajstić information content (AvgIpc) is 2.74. The van der Waals surface area contributed by atoms with Crippen LogP contribution in [0.5, 0.6) is 0 Å². The van der Waals surface area contributed by atoms with Crippen molar-refractivity contribution in [2.75, 3.05) is 25.1 Å². The van der Waals surface area contributed by atoms with E-state index < -0.39 is 11.9 Å². The van der Waals surface area contributed by atoms with Gasteiger partial charge >= 0.3 is 0 Å². The van der Waals surface area contributed by atoms with Crippen molar-refractivity contribution in [1.82, 2.24) is 16.0 Å². The van der Waals surface area contributed by atoms with E-state index >= 15 is 0 Å². The summed E-state index contributed by atoms with van der Waals surface area (Å²) in [6, 6.07) is 14.9. The first-order chi connectivity index (χ1) is 14.0. The van der Waals surface area contributed by atoms with Gasteiger partial charge in [0.25, 0.3) is 11.8 Å². The van der Waals surface area contributed by atoms with E-state index in [1.807, 2.05) is 12.3 Å².